The van der Waals surface area contributed by atoms with Gasteiger partial charge in [-0.15, -0.1) is 10.2 Å². The summed E-state index contributed by atoms with van der Waals surface area (Å²) in [6.45, 7) is 1.24. The van der Waals surface area contributed by atoms with Gasteiger partial charge in [-0.25, -0.2) is 4.39 Å². The van der Waals surface area contributed by atoms with Crippen LogP contribution < -0.4 is 10.1 Å². The highest BCUT2D eigenvalue weighted by Crippen LogP contribution is 2.22. The molecule has 8 nitrogen and oxygen atoms in total. The Morgan fingerprint density at radius 1 is 1.10 bits per heavy atom. The summed E-state index contributed by atoms with van der Waals surface area (Å²) in [7, 11) is 1.53. The molecular weight excluding hydrogens is 381 g/mol. The van der Waals surface area contributed by atoms with Crippen molar-refractivity contribution in [2.75, 3.05) is 13.7 Å². The van der Waals surface area contributed by atoms with Crippen LogP contribution >= 0.6 is 0 Å². The van der Waals surface area contributed by atoms with Gasteiger partial charge in [0.05, 0.1) is 7.11 Å². The molecule has 2 aromatic carbocycles. The van der Waals surface area contributed by atoms with Crippen LogP contribution in [0.25, 0.3) is 11.5 Å². The Morgan fingerprint density at radius 2 is 1.79 bits per heavy atom. The van der Waals surface area contributed by atoms with E-state index in [0.29, 0.717) is 16.9 Å². The van der Waals surface area contributed by atoms with Gasteiger partial charge in [0.1, 0.15) is 18.1 Å². The zero-order chi connectivity index (χ0) is 20.8. The van der Waals surface area contributed by atoms with Gasteiger partial charge in [0.25, 0.3) is 11.8 Å². The van der Waals surface area contributed by atoms with Crippen molar-refractivity contribution < 1.29 is 27.9 Å². The lowest BCUT2D eigenvalue weighted by molar-refractivity contribution is -0.148. The molecule has 0 saturated carbocycles. The van der Waals surface area contributed by atoms with Crippen LogP contribution in [0.15, 0.2) is 52.9 Å². The number of aromatic nitrogens is 2. The summed E-state index contributed by atoms with van der Waals surface area (Å²) >= 11 is 0. The topological polar surface area (TPSA) is 104 Å². The van der Waals surface area contributed by atoms with Gasteiger partial charge in [-0.05, 0) is 55.5 Å². The number of carbonyl (C=O) groups is 2. The number of nitrogens with zero attached hydrogens (tertiary/aromatic N) is 2. The maximum absolute atomic E-state index is 13.0. The van der Waals surface area contributed by atoms with E-state index in [9.17, 15) is 14.0 Å². The second-order valence-corrected chi connectivity index (χ2v) is 6.00. The molecule has 0 aliphatic heterocycles. The quantitative estimate of drug-likeness (QED) is 0.609. The van der Waals surface area contributed by atoms with Gasteiger partial charge >= 0.3 is 5.97 Å². The maximum Gasteiger partial charge on any atom is 0.326 e. The van der Waals surface area contributed by atoms with Crippen LogP contribution in [0.5, 0.6) is 5.75 Å². The number of halogens is 1. The number of amides is 1. The molecule has 1 N–H and O–H groups in total. The third-order valence-corrected chi connectivity index (χ3v) is 3.93. The van der Waals surface area contributed by atoms with Crippen molar-refractivity contribution in [1.82, 2.24) is 15.5 Å². The first-order chi connectivity index (χ1) is 14.0. The molecule has 0 aliphatic rings. The van der Waals surface area contributed by atoms with Crippen LogP contribution in [0.2, 0.25) is 0 Å². The van der Waals surface area contributed by atoms with Crippen molar-refractivity contribution in [3.63, 3.8) is 0 Å². The molecule has 0 bridgehead atoms. The second kappa shape index (κ2) is 8.96. The second-order valence-electron chi connectivity index (χ2n) is 6.00. The molecule has 0 saturated heterocycles. The van der Waals surface area contributed by atoms with Crippen molar-refractivity contribution in [1.29, 1.82) is 0 Å². The molecular formula is C20H18FN3O5. The average molecular weight is 399 g/mol. The molecule has 1 aromatic heterocycles. The Labute approximate surface area is 165 Å². The van der Waals surface area contributed by atoms with Gasteiger partial charge in [-0.3, -0.25) is 9.59 Å². The van der Waals surface area contributed by atoms with Crippen LogP contribution in [-0.2, 0) is 9.53 Å². The van der Waals surface area contributed by atoms with Gasteiger partial charge < -0.3 is 19.2 Å². The summed E-state index contributed by atoms with van der Waals surface area (Å²) in [6, 6.07) is 12.0. The average Bonchev–Trinajstić information content (AvgIpc) is 3.23. The van der Waals surface area contributed by atoms with E-state index in [2.05, 4.69) is 15.5 Å². The molecule has 1 amide bonds. The lowest BCUT2D eigenvalue weighted by atomic mass is 10.2. The highest BCUT2D eigenvalue weighted by Gasteiger charge is 2.19. The molecule has 0 spiro atoms. The molecule has 150 valence electrons. The Bertz CT molecular complexity index is 986. The van der Waals surface area contributed by atoms with Crippen molar-refractivity contribution in [2.24, 2.45) is 0 Å². The summed E-state index contributed by atoms with van der Waals surface area (Å²) in [6.07, 6.45) is -0.818. The fourth-order valence-electron chi connectivity index (χ4n) is 2.39. The third-order valence-electron chi connectivity index (χ3n) is 3.93. The van der Waals surface area contributed by atoms with Crippen LogP contribution in [0.3, 0.4) is 0 Å². The lowest BCUT2D eigenvalue weighted by Crippen LogP contribution is -2.31. The smallest absolute Gasteiger partial charge is 0.326 e. The van der Waals surface area contributed by atoms with E-state index in [4.69, 9.17) is 13.9 Å². The van der Waals surface area contributed by atoms with E-state index in [-0.39, 0.29) is 24.1 Å². The summed E-state index contributed by atoms with van der Waals surface area (Å²) in [5.74, 6) is -0.591. The number of carbonyl (C=O) groups excluding carboxylic acids is 2. The van der Waals surface area contributed by atoms with Crippen molar-refractivity contribution in [2.45, 2.75) is 13.0 Å². The normalized spacial score (nSPS) is 11.6. The monoisotopic (exact) mass is 399 g/mol. The first-order valence-electron chi connectivity index (χ1n) is 8.67. The number of methoxy groups -OCH3 is 1. The van der Waals surface area contributed by atoms with Crippen LogP contribution in [0, 0.1) is 5.82 Å². The molecule has 1 heterocycles. The predicted molar refractivity (Wildman–Crippen MR) is 99.5 cm³/mol. The Morgan fingerprint density at radius 3 is 2.45 bits per heavy atom. The maximum atomic E-state index is 13.0. The number of nitrogens with one attached hydrogen (secondary N) is 1. The van der Waals surface area contributed by atoms with Gasteiger partial charge in [0, 0.05) is 11.1 Å². The van der Waals surface area contributed by atoms with E-state index in [1.165, 1.54) is 31.4 Å². The third kappa shape index (κ3) is 5.16. The molecule has 0 fully saturated rings. The Kier molecular flexibility index (Phi) is 6.18. The standard InChI is InChI=1S/C20H18FN3O5/c1-12(19-23-24-20(29-19)14-3-7-15(21)8-4-14)28-17(25)11-22-18(26)13-5-9-16(27-2)10-6-13/h3-10,12H,11H2,1-2H3,(H,22,26)/t12-/m0/s1. The fourth-order valence-corrected chi connectivity index (χ4v) is 2.39. The molecule has 3 rings (SSSR count). The molecule has 0 unspecified atom stereocenters. The number of hydrogen-bond donors (Lipinski definition) is 1. The fraction of sp³-hybridized carbons (Fsp3) is 0.200. The molecule has 3 aromatic rings. The van der Waals surface area contributed by atoms with Crippen LogP contribution in [-0.4, -0.2) is 35.7 Å². The first-order valence-corrected chi connectivity index (χ1v) is 8.67. The van der Waals surface area contributed by atoms with E-state index < -0.39 is 18.0 Å². The minimum absolute atomic E-state index is 0.0826. The summed E-state index contributed by atoms with van der Waals surface area (Å²) in [4.78, 5) is 24.1. The molecule has 0 radical (unpaired) electrons. The van der Waals surface area contributed by atoms with E-state index in [1.54, 1.807) is 31.2 Å². The van der Waals surface area contributed by atoms with Gasteiger partial charge in [0.15, 0.2) is 6.10 Å². The van der Waals surface area contributed by atoms with Crippen molar-refractivity contribution in [3.05, 3.63) is 65.8 Å². The van der Waals surface area contributed by atoms with Crippen LogP contribution in [0.1, 0.15) is 29.3 Å². The van der Waals surface area contributed by atoms with Crippen molar-refractivity contribution in [3.8, 4) is 17.2 Å². The number of rotatable bonds is 7. The predicted octanol–water partition coefficient (Wildman–Crippen LogP) is 2.92. The molecule has 0 aliphatic carbocycles. The Balaban J connectivity index is 1.52. The van der Waals surface area contributed by atoms with Gasteiger partial charge in [0.2, 0.25) is 5.89 Å². The zero-order valence-corrected chi connectivity index (χ0v) is 15.7. The number of benzene rings is 2. The molecule has 9 heteroatoms. The summed E-state index contributed by atoms with van der Waals surface area (Å²) in [5.41, 5.74) is 0.919. The molecule has 29 heavy (non-hydrogen) atoms. The van der Waals surface area contributed by atoms with Crippen molar-refractivity contribution >= 4 is 11.9 Å². The largest absolute Gasteiger partial charge is 0.497 e. The Hall–Kier alpha value is -3.75. The lowest BCUT2D eigenvalue weighted by Gasteiger charge is -2.10. The van der Waals surface area contributed by atoms with E-state index in [1.807, 2.05) is 0 Å². The summed E-state index contributed by atoms with van der Waals surface area (Å²) < 4.78 is 28.7. The SMILES string of the molecule is COc1ccc(C(=O)NCC(=O)O[C@@H](C)c2nnc(-c3ccc(F)cc3)o2)cc1. The van der Waals surface area contributed by atoms with E-state index in [0.717, 1.165) is 0 Å². The zero-order valence-electron chi connectivity index (χ0n) is 15.7. The molecule has 1 atom stereocenters. The number of esters is 1. The van der Waals surface area contributed by atoms with Gasteiger partial charge in [-0.1, -0.05) is 0 Å². The highest BCUT2D eigenvalue weighted by atomic mass is 19.1. The summed E-state index contributed by atoms with van der Waals surface area (Å²) in [5, 5.41) is 10.2. The number of ether oxygens (including phenoxy) is 2. The van der Waals surface area contributed by atoms with Gasteiger partial charge in [-0.2, -0.15) is 0 Å². The minimum atomic E-state index is -0.818. The highest BCUT2D eigenvalue weighted by molar-refractivity contribution is 5.96. The van der Waals surface area contributed by atoms with Crippen LogP contribution in [0.4, 0.5) is 4.39 Å². The first kappa shape index (κ1) is 20.0. The number of hydrogen-bond acceptors (Lipinski definition) is 7. The van der Waals surface area contributed by atoms with E-state index >= 15 is 0 Å². The minimum Gasteiger partial charge on any atom is -0.497 e.